The molecule has 0 radical (unpaired) electrons. The van der Waals surface area contributed by atoms with Crippen LogP contribution in [0.25, 0.3) is 10.6 Å². The molecular formula is C18H16F3N3O2S2. The van der Waals surface area contributed by atoms with Crippen LogP contribution in [0, 0.1) is 17.5 Å². The number of hydrogen-bond acceptors (Lipinski definition) is 4. The Balaban J connectivity index is 1.77. The van der Waals surface area contributed by atoms with Crippen molar-refractivity contribution in [2.75, 3.05) is 4.72 Å². The summed E-state index contributed by atoms with van der Waals surface area (Å²) in [5.41, 5.74) is -0.415. The molecule has 2 heterocycles. The van der Waals surface area contributed by atoms with Crippen molar-refractivity contribution < 1.29 is 21.6 Å². The summed E-state index contributed by atoms with van der Waals surface area (Å²) < 4.78 is 70.1. The van der Waals surface area contributed by atoms with Gasteiger partial charge in [0.1, 0.15) is 10.6 Å². The summed E-state index contributed by atoms with van der Waals surface area (Å²) in [7, 11) is -4.29. The highest BCUT2D eigenvalue weighted by Crippen LogP contribution is 2.35. The molecule has 1 aliphatic rings. The first-order valence-corrected chi connectivity index (χ1v) is 11.0. The van der Waals surface area contributed by atoms with Crippen molar-refractivity contribution in [2.24, 2.45) is 0 Å². The van der Waals surface area contributed by atoms with Gasteiger partial charge in [0.2, 0.25) is 0 Å². The van der Waals surface area contributed by atoms with E-state index in [0.717, 1.165) is 31.7 Å². The van der Waals surface area contributed by atoms with Crippen molar-refractivity contribution >= 4 is 27.0 Å². The van der Waals surface area contributed by atoms with Crippen molar-refractivity contribution in [3.05, 3.63) is 53.3 Å². The Morgan fingerprint density at radius 1 is 1.11 bits per heavy atom. The first-order valence-electron chi connectivity index (χ1n) is 8.66. The fraction of sp³-hybridized carbons (Fsp3) is 0.278. The molecule has 0 aliphatic heterocycles. The summed E-state index contributed by atoms with van der Waals surface area (Å²) in [5, 5.41) is 6.27. The van der Waals surface area contributed by atoms with Gasteiger partial charge in [-0.2, -0.15) is 5.10 Å². The zero-order valence-corrected chi connectivity index (χ0v) is 16.2. The molecule has 28 heavy (non-hydrogen) atoms. The van der Waals surface area contributed by atoms with Crippen molar-refractivity contribution in [1.29, 1.82) is 0 Å². The second kappa shape index (κ2) is 7.25. The van der Waals surface area contributed by atoms with Crippen LogP contribution in [0.15, 0.2) is 40.7 Å². The van der Waals surface area contributed by atoms with Gasteiger partial charge in [0.25, 0.3) is 10.0 Å². The van der Waals surface area contributed by atoms with E-state index < -0.39 is 33.2 Å². The van der Waals surface area contributed by atoms with Gasteiger partial charge in [-0.3, -0.25) is 9.40 Å². The van der Waals surface area contributed by atoms with Gasteiger partial charge >= 0.3 is 0 Å². The molecule has 2 aromatic heterocycles. The molecule has 0 bridgehead atoms. The predicted molar refractivity (Wildman–Crippen MR) is 100 cm³/mol. The number of rotatable bonds is 5. The van der Waals surface area contributed by atoms with Gasteiger partial charge < -0.3 is 0 Å². The smallest absolute Gasteiger partial charge is 0.265 e. The second-order valence-electron chi connectivity index (χ2n) is 6.57. The molecule has 1 aliphatic carbocycles. The number of thiophene rings is 1. The number of aromatic nitrogens is 2. The molecule has 10 heteroatoms. The molecule has 1 fully saturated rings. The summed E-state index contributed by atoms with van der Waals surface area (Å²) in [6, 6.07) is 5.12. The Hall–Kier alpha value is -2.33. The molecule has 0 unspecified atom stereocenters. The average molecular weight is 427 g/mol. The summed E-state index contributed by atoms with van der Waals surface area (Å²) in [6.45, 7) is 0. The van der Waals surface area contributed by atoms with Gasteiger partial charge in [0, 0.05) is 6.20 Å². The number of hydrogen-bond donors (Lipinski definition) is 1. The molecule has 3 aromatic rings. The van der Waals surface area contributed by atoms with Gasteiger partial charge in [0.15, 0.2) is 17.5 Å². The fourth-order valence-corrected chi connectivity index (χ4v) is 5.31. The molecule has 0 atom stereocenters. The zero-order valence-electron chi connectivity index (χ0n) is 14.5. The van der Waals surface area contributed by atoms with E-state index in [-0.39, 0.29) is 16.6 Å². The van der Waals surface area contributed by atoms with Crippen LogP contribution in [-0.2, 0) is 10.0 Å². The van der Waals surface area contributed by atoms with Gasteiger partial charge in [-0.15, -0.1) is 11.3 Å². The third-order valence-electron chi connectivity index (χ3n) is 4.72. The molecule has 0 spiro atoms. The summed E-state index contributed by atoms with van der Waals surface area (Å²) in [5.74, 6) is -4.72. The van der Waals surface area contributed by atoms with E-state index in [1.54, 1.807) is 22.2 Å². The van der Waals surface area contributed by atoms with Crippen LogP contribution in [0.5, 0.6) is 0 Å². The highest BCUT2D eigenvalue weighted by molar-refractivity contribution is 7.92. The minimum atomic E-state index is -4.29. The van der Waals surface area contributed by atoms with Crippen molar-refractivity contribution in [3.8, 4) is 10.6 Å². The molecule has 5 nitrogen and oxygen atoms in total. The monoisotopic (exact) mass is 427 g/mol. The first-order chi connectivity index (χ1) is 13.4. The van der Waals surface area contributed by atoms with Crippen LogP contribution >= 0.6 is 11.3 Å². The third-order valence-corrected chi connectivity index (χ3v) is 6.96. The Labute approximate surface area is 163 Å². The van der Waals surface area contributed by atoms with E-state index in [2.05, 4.69) is 5.10 Å². The van der Waals surface area contributed by atoms with E-state index in [4.69, 9.17) is 0 Å². The minimum Gasteiger partial charge on any atom is -0.276 e. The molecule has 4 rings (SSSR count). The molecule has 1 N–H and O–H groups in total. The van der Waals surface area contributed by atoms with E-state index in [0.29, 0.717) is 10.9 Å². The molecular weight excluding hydrogens is 411 g/mol. The lowest BCUT2D eigenvalue weighted by Crippen LogP contribution is -2.15. The van der Waals surface area contributed by atoms with Gasteiger partial charge in [0.05, 0.1) is 16.6 Å². The second-order valence-corrected chi connectivity index (χ2v) is 9.16. The number of nitrogens with zero attached hydrogens (tertiary/aromatic N) is 2. The highest BCUT2D eigenvalue weighted by atomic mass is 32.2. The maximum Gasteiger partial charge on any atom is 0.265 e. The lowest BCUT2D eigenvalue weighted by atomic mass is 10.3. The summed E-state index contributed by atoms with van der Waals surface area (Å²) in [4.78, 5) is 0.508. The van der Waals surface area contributed by atoms with Gasteiger partial charge in [-0.25, -0.2) is 21.6 Å². The van der Waals surface area contributed by atoms with E-state index in [9.17, 15) is 21.6 Å². The van der Waals surface area contributed by atoms with E-state index in [1.165, 1.54) is 17.5 Å². The van der Waals surface area contributed by atoms with Crippen LogP contribution < -0.4 is 4.72 Å². The lowest BCUT2D eigenvalue weighted by Gasteiger charge is -2.09. The van der Waals surface area contributed by atoms with Crippen molar-refractivity contribution in [3.63, 3.8) is 0 Å². The molecule has 148 valence electrons. The number of anilines is 1. The van der Waals surface area contributed by atoms with E-state index >= 15 is 0 Å². The normalized spacial score (nSPS) is 15.2. The molecule has 0 saturated heterocycles. The maximum atomic E-state index is 14.0. The van der Waals surface area contributed by atoms with Crippen LogP contribution in [0.3, 0.4) is 0 Å². The first kappa shape index (κ1) is 19.0. The standard InChI is InChI=1S/C18H16F3N3O2S2/c19-12-7-8-13(17(21)16(12)20)23-28(25,26)15-10-24(11-4-1-2-5-11)22-18(15)14-6-3-9-27-14/h3,6-11,23H,1-2,4-5H2. The number of nitrogens with one attached hydrogen (secondary N) is 1. The predicted octanol–water partition coefficient (Wildman–Crippen LogP) is 4.94. The minimum absolute atomic E-state index is 0.0997. The topological polar surface area (TPSA) is 64.0 Å². The fourth-order valence-electron chi connectivity index (χ4n) is 3.32. The SMILES string of the molecule is O=S(=O)(Nc1ccc(F)c(F)c1F)c1cn(C2CCCC2)nc1-c1cccs1. The maximum absolute atomic E-state index is 14.0. The van der Waals surface area contributed by atoms with Crippen LogP contribution in [0.4, 0.5) is 18.9 Å². The largest absolute Gasteiger partial charge is 0.276 e. The number of sulfonamides is 1. The average Bonchev–Trinajstić information content (AvgIpc) is 3.40. The zero-order chi connectivity index (χ0) is 19.9. The van der Waals surface area contributed by atoms with Gasteiger partial charge in [-0.05, 0) is 36.4 Å². The van der Waals surface area contributed by atoms with Crippen LogP contribution in [0.1, 0.15) is 31.7 Å². The summed E-state index contributed by atoms with van der Waals surface area (Å²) in [6.07, 6.45) is 5.30. The Morgan fingerprint density at radius 3 is 2.54 bits per heavy atom. The molecule has 1 saturated carbocycles. The molecule has 1 aromatic carbocycles. The van der Waals surface area contributed by atoms with Gasteiger partial charge in [-0.1, -0.05) is 18.9 Å². The molecule has 0 amide bonds. The number of halogens is 3. The Morgan fingerprint density at radius 2 is 1.86 bits per heavy atom. The lowest BCUT2D eigenvalue weighted by molar-refractivity contribution is 0.449. The Kier molecular flexibility index (Phi) is 4.92. The number of benzene rings is 1. The van der Waals surface area contributed by atoms with Crippen LogP contribution in [0.2, 0.25) is 0 Å². The summed E-state index contributed by atoms with van der Waals surface area (Å²) >= 11 is 1.32. The van der Waals surface area contributed by atoms with Crippen molar-refractivity contribution in [2.45, 2.75) is 36.6 Å². The van der Waals surface area contributed by atoms with Crippen LogP contribution in [-0.4, -0.2) is 18.2 Å². The Bertz CT molecular complexity index is 1110. The quantitative estimate of drug-likeness (QED) is 0.587. The highest BCUT2D eigenvalue weighted by Gasteiger charge is 2.29. The third kappa shape index (κ3) is 3.42. The van der Waals surface area contributed by atoms with E-state index in [1.807, 2.05) is 4.72 Å². The van der Waals surface area contributed by atoms with Crippen molar-refractivity contribution in [1.82, 2.24) is 9.78 Å².